The number of hydrogen-bond donors (Lipinski definition) is 0. The summed E-state index contributed by atoms with van der Waals surface area (Å²) in [4.78, 5) is 19.5. The van der Waals surface area contributed by atoms with E-state index in [1.165, 1.54) is 0 Å². The summed E-state index contributed by atoms with van der Waals surface area (Å²) in [7, 11) is 5.06. The molecule has 0 N–H and O–H groups in total. The van der Waals surface area contributed by atoms with Gasteiger partial charge in [-0.3, -0.25) is 9.78 Å². The zero-order valence-electron chi connectivity index (χ0n) is 16.3. The lowest BCUT2D eigenvalue weighted by Gasteiger charge is -2.27. The smallest absolute Gasteiger partial charge is 0.255 e. The lowest BCUT2D eigenvalue weighted by molar-refractivity contribution is 0.0740. The van der Waals surface area contributed by atoms with E-state index in [1.54, 1.807) is 26.2 Å². The second-order valence-corrected chi connectivity index (χ2v) is 6.51. The number of rotatable bonds is 5. The van der Waals surface area contributed by atoms with Gasteiger partial charge >= 0.3 is 0 Å². The molecule has 5 heteroatoms. The quantitative estimate of drug-likeness (QED) is 0.674. The standard InChI is InChI=1S/C22H24N2O3/c1-14-19(13-16-12-17(26-4)10-11-20(16)23-14)22(25)24(3)15(2)18-8-6-7-9-21(18)27-5/h6-13,15H,1-5H3. The van der Waals surface area contributed by atoms with Crippen molar-refractivity contribution in [1.29, 1.82) is 0 Å². The summed E-state index contributed by atoms with van der Waals surface area (Å²) in [5.41, 5.74) is 3.09. The summed E-state index contributed by atoms with van der Waals surface area (Å²) in [6.07, 6.45) is 0. The first kappa shape index (κ1) is 18.7. The molecule has 0 aliphatic carbocycles. The topological polar surface area (TPSA) is 51.7 Å². The van der Waals surface area contributed by atoms with E-state index in [0.717, 1.165) is 28.0 Å². The van der Waals surface area contributed by atoms with Gasteiger partial charge in [0.25, 0.3) is 5.91 Å². The molecule has 0 spiro atoms. The van der Waals surface area contributed by atoms with E-state index in [9.17, 15) is 4.79 Å². The number of carbonyl (C=O) groups is 1. The maximum absolute atomic E-state index is 13.2. The van der Waals surface area contributed by atoms with Gasteiger partial charge in [0.05, 0.1) is 37.0 Å². The minimum absolute atomic E-state index is 0.0804. The molecule has 0 saturated carbocycles. The molecule has 1 aromatic heterocycles. The molecule has 1 unspecified atom stereocenters. The van der Waals surface area contributed by atoms with Gasteiger partial charge in [-0.25, -0.2) is 0 Å². The van der Waals surface area contributed by atoms with Crippen LogP contribution in [-0.4, -0.2) is 37.1 Å². The third-order valence-corrected chi connectivity index (χ3v) is 4.93. The molecule has 1 heterocycles. The molecule has 0 aliphatic heterocycles. The molecule has 1 atom stereocenters. The van der Waals surface area contributed by atoms with Crippen LogP contribution >= 0.6 is 0 Å². The molecular formula is C22H24N2O3. The minimum Gasteiger partial charge on any atom is -0.497 e. The number of methoxy groups -OCH3 is 2. The van der Waals surface area contributed by atoms with Crippen molar-refractivity contribution < 1.29 is 14.3 Å². The molecule has 0 aliphatic rings. The average molecular weight is 364 g/mol. The van der Waals surface area contributed by atoms with Crippen molar-refractivity contribution in [2.24, 2.45) is 0 Å². The average Bonchev–Trinajstić information content (AvgIpc) is 2.71. The third-order valence-electron chi connectivity index (χ3n) is 4.93. The molecule has 0 radical (unpaired) electrons. The van der Waals surface area contributed by atoms with Gasteiger partial charge in [0.2, 0.25) is 0 Å². The second kappa shape index (κ2) is 7.66. The Morgan fingerprint density at radius 3 is 2.52 bits per heavy atom. The molecule has 27 heavy (non-hydrogen) atoms. The van der Waals surface area contributed by atoms with Crippen LogP contribution in [0, 0.1) is 6.92 Å². The summed E-state index contributed by atoms with van der Waals surface area (Å²) < 4.78 is 10.7. The van der Waals surface area contributed by atoms with Crippen LogP contribution in [0.3, 0.4) is 0 Å². The Bertz CT molecular complexity index is 984. The first-order valence-corrected chi connectivity index (χ1v) is 8.81. The molecule has 140 valence electrons. The van der Waals surface area contributed by atoms with E-state index in [0.29, 0.717) is 11.3 Å². The summed E-state index contributed by atoms with van der Waals surface area (Å²) in [6.45, 7) is 3.85. The SMILES string of the molecule is COc1ccc2nc(C)c(C(=O)N(C)C(C)c3ccccc3OC)cc2c1. The van der Waals surface area contributed by atoms with Crippen LogP contribution < -0.4 is 9.47 Å². The first-order valence-electron chi connectivity index (χ1n) is 8.81. The fourth-order valence-corrected chi connectivity index (χ4v) is 3.18. The van der Waals surface area contributed by atoms with E-state index >= 15 is 0 Å². The number of pyridine rings is 1. The molecule has 5 nitrogen and oxygen atoms in total. The number of para-hydroxylation sites is 1. The van der Waals surface area contributed by atoms with Crippen molar-refractivity contribution in [3.8, 4) is 11.5 Å². The Labute approximate surface area is 159 Å². The van der Waals surface area contributed by atoms with Gasteiger partial charge in [-0.2, -0.15) is 0 Å². The molecule has 2 aromatic carbocycles. The van der Waals surface area contributed by atoms with E-state index in [4.69, 9.17) is 9.47 Å². The molecular weight excluding hydrogens is 340 g/mol. The highest BCUT2D eigenvalue weighted by Gasteiger charge is 2.23. The maximum atomic E-state index is 13.2. The Morgan fingerprint density at radius 2 is 1.81 bits per heavy atom. The van der Waals surface area contributed by atoms with E-state index in [1.807, 2.05) is 62.4 Å². The number of carbonyl (C=O) groups excluding carboxylic acids is 1. The normalized spacial score (nSPS) is 11.9. The van der Waals surface area contributed by atoms with Crippen LogP contribution in [0.5, 0.6) is 11.5 Å². The Morgan fingerprint density at radius 1 is 1.07 bits per heavy atom. The molecule has 3 aromatic rings. The summed E-state index contributed by atoms with van der Waals surface area (Å²) in [6, 6.07) is 15.1. The zero-order chi connectivity index (χ0) is 19.6. The summed E-state index contributed by atoms with van der Waals surface area (Å²) >= 11 is 0. The van der Waals surface area contributed by atoms with Crippen molar-refractivity contribution in [3.63, 3.8) is 0 Å². The van der Waals surface area contributed by atoms with Crippen molar-refractivity contribution in [1.82, 2.24) is 9.88 Å². The Balaban J connectivity index is 1.97. The van der Waals surface area contributed by atoms with Crippen LogP contribution in [0.1, 0.15) is 34.6 Å². The lowest BCUT2D eigenvalue weighted by atomic mass is 10.0. The molecule has 0 bridgehead atoms. The van der Waals surface area contributed by atoms with Crippen LogP contribution in [0.4, 0.5) is 0 Å². The number of amides is 1. The molecule has 0 fully saturated rings. The van der Waals surface area contributed by atoms with E-state index < -0.39 is 0 Å². The predicted octanol–water partition coefficient (Wildman–Crippen LogP) is 4.39. The third kappa shape index (κ3) is 3.58. The monoisotopic (exact) mass is 364 g/mol. The number of nitrogens with zero attached hydrogens (tertiary/aromatic N) is 2. The fraction of sp³-hybridized carbons (Fsp3) is 0.273. The Kier molecular flexibility index (Phi) is 5.31. The van der Waals surface area contributed by atoms with Crippen LogP contribution in [0.2, 0.25) is 0 Å². The van der Waals surface area contributed by atoms with Crippen LogP contribution in [0.15, 0.2) is 48.5 Å². The fourth-order valence-electron chi connectivity index (χ4n) is 3.18. The van der Waals surface area contributed by atoms with Crippen molar-refractivity contribution in [3.05, 3.63) is 65.4 Å². The summed E-state index contributed by atoms with van der Waals surface area (Å²) in [5.74, 6) is 1.42. The van der Waals surface area contributed by atoms with Gasteiger partial charge in [-0.15, -0.1) is 0 Å². The van der Waals surface area contributed by atoms with Crippen LogP contribution in [0.25, 0.3) is 10.9 Å². The first-order chi connectivity index (χ1) is 13.0. The van der Waals surface area contributed by atoms with Crippen LogP contribution in [-0.2, 0) is 0 Å². The number of aromatic nitrogens is 1. The molecule has 1 amide bonds. The van der Waals surface area contributed by atoms with Gasteiger partial charge in [-0.1, -0.05) is 18.2 Å². The number of ether oxygens (including phenoxy) is 2. The highest BCUT2D eigenvalue weighted by atomic mass is 16.5. The second-order valence-electron chi connectivity index (χ2n) is 6.51. The van der Waals surface area contributed by atoms with Crippen molar-refractivity contribution in [2.75, 3.05) is 21.3 Å². The number of hydrogen-bond acceptors (Lipinski definition) is 4. The Hall–Kier alpha value is -3.08. The van der Waals surface area contributed by atoms with Gasteiger partial charge in [-0.05, 0) is 44.2 Å². The van der Waals surface area contributed by atoms with E-state index in [2.05, 4.69) is 4.98 Å². The zero-order valence-corrected chi connectivity index (χ0v) is 16.3. The summed E-state index contributed by atoms with van der Waals surface area (Å²) in [5, 5.41) is 0.877. The van der Waals surface area contributed by atoms with E-state index in [-0.39, 0.29) is 11.9 Å². The number of benzene rings is 2. The van der Waals surface area contributed by atoms with Gasteiger partial charge < -0.3 is 14.4 Å². The van der Waals surface area contributed by atoms with Gasteiger partial charge in [0.15, 0.2) is 0 Å². The molecule has 3 rings (SSSR count). The number of aryl methyl sites for hydroxylation is 1. The maximum Gasteiger partial charge on any atom is 0.255 e. The largest absolute Gasteiger partial charge is 0.497 e. The van der Waals surface area contributed by atoms with Crippen molar-refractivity contribution >= 4 is 16.8 Å². The minimum atomic E-state index is -0.144. The number of fused-ring (bicyclic) bond motifs is 1. The highest BCUT2D eigenvalue weighted by Crippen LogP contribution is 2.30. The predicted molar refractivity (Wildman–Crippen MR) is 107 cm³/mol. The van der Waals surface area contributed by atoms with Gasteiger partial charge in [0.1, 0.15) is 11.5 Å². The van der Waals surface area contributed by atoms with Gasteiger partial charge in [0, 0.05) is 18.0 Å². The van der Waals surface area contributed by atoms with Crippen molar-refractivity contribution in [2.45, 2.75) is 19.9 Å². The lowest BCUT2D eigenvalue weighted by Crippen LogP contribution is -2.30. The molecule has 0 saturated heterocycles. The highest BCUT2D eigenvalue weighted by molar-refractivity contribution is 5.99.